The largest absolute Gasteiger partial charge is 0.483 e. The molecular weight excluding hydrogens is 290 g/mol. The number of nitrogens with two attached hydrogens (primary N) is 1. The average molecular weight is 305 g/mol. The maximum Gasteiger partial charge on any atom is 0.229 e. The van der Waals surface area contributed by atoms with Gasteiger partial charge < -0.3 is 21.0 Å². The first-order valence-corrected chi connectivity index (χ1v) is 7.07. The molecule has 2 rings (SSSR count). The second kappa shape index (κ2) is 7.30. The zero-order valence-corrected chi connectivity index (χ0v) is 12.0. The number of anilines is 1. The van der Waals surface area contributed by atoms with Gasteiger partial charge >= 0.3 is 0 Å². The van der Waals surface area contributed by atoms with Crippen molar-refractivity contribution in [3.8, 4) is 5.75 Å². The monoisotopic (exact) mass is 305 g/mol. The molecule has 110 valence electrons. The first-order valence-electron chi connectivity index (χ1n) is 6.19. The summed E-state index contributed by atoms with van der Waals surface area (Å²) in [5, 5.41) is 16.0. The van der Waals surface area contributed by atoms with E-state index in [-0.39, 0.29) is 18.3 Å². The molecule has 6 nitrogen and oxygen atoms in total. The molecule has 7 heteroatoms. The van der Waals surface area contributed by atoms with Crippen molar-refractivity contribution in [1.29, 1.82) is 0 Å². The van der Waals surface area contributed by atoms with Crippen LogP contribution in [0.4, 0.5) is 5.69 Å². The van der Waals surface area contributed by atoms with Gasteiger partial charge in [0.15, 0.2) is 5.84 Å². The van der Waals surface area contributed by atoms with E-state index in [0.717, 1.165) is 4.88 Å². The molecule has 0 aliphatic carbocycles. The Hall–Kier alpha value is -2.54. The van der Waals surface area contributed by atoms with Gasteiger partial charge in [0.1, 0.15) is 12.4 Å². The van der Waals surface area contributed by atoms with Crippen molar-refractivity contribution in [3.05, 3.63) is 46.7 Å². The van der Waals surface area contributed by atoms with Gasteiger partial charge in [-0.1, -0.05) is 23.4 Å². The van der Waals surface area contributed by atoms with Gasteiger partial charge in [-0.3, -0.25) is 4.79 Å². The molecule has 2 aromatic rings. The Balaban J connectivity index is 2.00. The molecule has 1 amide bonds. The number of nitrogens with zero attached hydrogens (tertiary/aromatic N) is 1. The molecule has 0 unspecified atom stereocenters. The second-order valence-electron chi connectivity index (χ2n) is 4.18. The number of amidine groups is 1. The first kappa shape index (κ1) is 14.9. The van der Waals surface area contributed by atoms with Crippen LogP contribution in [0.1, 0.15) is 4.88 Å². The Bertz CT molecular complexity index is 626. The summed E-state index contributed by atoms with van der Waals surface area (Å²) in [6, 6.07) is 10.8. The minimum absolute atomic E-state index is 0.0466. The minimum atomic E-state index is -0.128. The Morgan fingerprint density at radius 2 is 2.14 bits per heavy atom. The van der Waals surface area contributed by atoms with Crippen molar-refractivity contribution in [2.45, 2.75) is 6.42 Å². The van der Waals surface area contributed by atoms with Crippen LogP contribution < -0.4 is 15.8 Å². The maximum atomic E-state index is 12.0. The number of carbonyl (C=O) groups is 1. The molecule has 0 saturated heterocycles. The molecule has 0 bridgehead atoms. The van der Waals surface area contributed by atoms with Crippen molar-refractivity contribution in [3.63, 3.8) is 0 Å². The normalized spacial score (nSPS) is 11.1. The molecular formula is C14H15N3O3S. The third-order valence-electron chi connectivity index (χ3n) is 2.58. The summed E-state index contributed by atoms with van der Waals surface area (Å²) in [7, 11) is 0. The number of thiophene rings is 1. The van der Waals surface area contributed by atoms with Gasteiger partial charge in [-0.05, 0) is 23.6 Å². The summed E-state index contributed by atoms with van der Waals surface area (Å²) < 4.78 is 5.40. The SMILES string of the molecule is N/C(COc1ccccc1NC(=O)Cc1cccs1)=N\O. The van der Waals surface area contributed by atoms with Gasteiger partial charge in [-0.2, -0.15) is 0 Å². The molecule has 1 heterocycles. The zero-order chi connectivity index (χ0) is 15.1. The van der Waals surface area contributed by atoms with E-state index in [1.54, 1.807) is 24.3 Å². The fourth-order valence-corrected chi connectivity index (χ4v) is 2.35. The van der Waals surface area contributed by atoms with Crippen molar-refractivity contribution < 1.29 is 14.7 Å². The van der Waals surface area contributed by atoms with Gasteiger partial charge in [0, 0.05) is 4.88 Å². The number of amides is 1. The van der Waals surface area contributed by atoms with Gasteiger partial charge in [-0.15, -0.1) is 11.3 Å². The number of oxime groups is 1. The lowest BCUT2D eigenvalue weighted by Crippen LogP contribution is -2.21. The van der Waals surface area contributed by atoms with E-state index in [0.29, 0.717) is 17.9 Å². The molecule has 0 atom stereocenters. The number of hydrogen-bond acceptors (Lipinski definition) is 5. The molecule has 21 heavy (non-hydrogen) atoms. The van der Waals surface area contributed by atoms with E-state index >= 15 is 0 Å². The van der Waals surface area contributed by atoms with Gasteiger partial charge in [0.2, 0.25) is 5.91 Å². The van der Waals surface area contributed by atoms with Crippen LogP contribution in [0, 0.1) is 0 Å². The molecule has 0 aliphatic rings. The highest BCUT2D eigenvalue weighted by Gasteiger charge is 2.09. The topological polar surface area (TPSA) is 96.9 Å². The predicted octanol–water partition coefficient (Wildman–Crippen LogP) is 2.05. The van der Waals surface area contributed by atoms with Gasteiger partial charge in [0.05, 0.1) is 12.1 Å². The number of nitrogens with one attached hydrogen (secondary N) is 1. The lowest BCUT2D eigenvalue weighted by Gasteiger charge is -2.11. The van der Waals surface area contributed by atoms with Crippen LogP contribution in [0.5, 0.6) is 5.75 Å². The van der Waals surface area contributed by atoms with Crippen LogP contribution in [0.25, 0.3) is 0 Å². The minimum Gasteiger partial charge on any atom is -0.483 e. The Morgan fingerprint density at radius 1 is 1.33 bits per heavy atom. The third kappa shape index (κ3) is 4.50. The number of para-hydroxylation sites is 2. The zero-order valence-electron chi connectivity index (χ0n) is 11.2. The quantitative estimate of drug-likeness (QED) is 0.329. The summed E-state index contributed by atoms with van der Waals surface area (Å²) in [5.41, 5.74) is 5.90. The standard InChI is InChI=1S/C14H15N3O3S/c15-13(17-19)9-20-12-6-2-1-5-11(12)16-14(18)8-10-4-3-7-21-10/h1-7,19H,8-9H2,(H2,15,17)(H,16,18). The summed E-state index contributed by atoms with van der Waals surface area (Å²) in [4.78, 5) is 13.0. The van der Waals surface area contributed by atoms with Crippen molar-refractivity contribution in [2.75, 3.05) is 11.9 Å². The summed E-state index contributed by atoms with van der Waals surface area (Å²) in [6.45, 7) is -0.0612. The molecule has 1 aromatic carbocycles. The fraction of sp³-hybridized carbons (Fsp3) is 0.143. The van der Waals surface area contributed by atoms with E-state index in [1.807, 2.05) is 17.5 Å². The smallest absolute Gasteiger partial charge is 0.229 e. The number of carbonyl (C=O) groups excluding carboxylic acids is 1. The van der Waals surface area contributed by atoms with E-state index in [4.69, 9.17) is 15.7 Å². The molecule has 1 aromatic heterocycles. The van der Waals surface area contributed by atoms with E-state index < -0.39 is 0 Å². The van der Waals surface area contributed by atoms with E-state index in [9.17, 15) is 4.79 Å². The molecule has 4 N–H and O–H groups in total. The van der Waals surface area contributed by atoms with Crippen molar-refractivity contribution >= 4 is 28.8 Å². The molecule has 0 saturated carbocycles. The van der Waals surface area contributed by atoms with Crippen LogP contribution in [-0.4, -0.2) is 23.6 Å². The fourth-order valence-electron chi connectivity index (χ4n) is 1.64. The highest BCUT2D eigenvalue weighted by molar-refractivity contribution is 7.10. The van der Waals surface area contributed by atoms with Crippen molar-refractivity contribution in [2.24, 2.45) is 10.9 Å². The third-order valence-corrected chi connectivity index (χ3v) is 3.46. The summed E-state index contributed by atoms with van der Waals surface area (Å²) >= 11 is 1.53. The van der Waals surface area contributed by atoms with Crippen LogP contribution in [0.3, 0.4) is 0 Å². The van der Waals surface area contributed by atoms with Crippen LogP contribution >= 0.6 is 11.3 Å². The lowest BCUT2D eigenvalue weighted by atomic mass is 10.2. The molecule has 0 fully saturated rings. The summed E-state index contributed by atoms with van der Waals surface area (Å²) in [6.07, 6.45) is 0.312. The number of rotatable bonds is 6. The Labute approximate surface area is 125 Å². The number of ether oxygens (including phenoxy) is 1. The highest BCUT2D eigenvalue weighted by Crippen LogP contribution is 2.24. The van der Waals surface area contributed by atoms with Crippen LogP contribution in [0.2, 0.25) is 0 Å². The number of benzene rings is 1. The van der Waals surface area contributed by atoms with Gasteiger partial charge in [-0.25, -0.2) is 0 Å². The maximum absolute atomic E-state index is 12.0. The first-order chi connectivity index (χ1) is 10.2. The van der Waals surface area contributed by atoms with E-state index in [1.165, 1.54) is 11.3 Å². The van der Waals surface area contributed by atoms with Crippen LogP contribution in [0.15, 0.2) is 46.9 Å². The van der Waals surface area contributed by atoms with Crippen LogP contribution in [-0.2, 0) is 11.2 Å². The Morgan fingerprint density at radius 3 is 2.86 bits per heavy atom. The molecule has 0 radical (unpaired) electrons. The second-order valence-corrected chi connectivity index (χ2v) is 5.21. The highest BCUT2D eigenvalue weighted by atomic mass is 32.1. The predicted molar refractivity (Wildman–Crippen MR) is 82.0 cm³/mol. The lowest BCUT2D eigenvalue weighted by molar-refractivity contribution is -0.115. The van der Waals surface area contributed by atoms with Gasteiger partial charge in [0.25, 0.3) is 0 Å². The summed E-state index contributed by atoms with van der Waals surface area (Å²) in [5.74, 6) is 0.288. The Kier molecular flexibility index (Phi) is 5.16. The average Bonchev–Trinajstić information content (AvgIpc) is 2.98. The molecule has 0 spiro atoms. The van der Waals surface area contributed by atoms with E-state index in [2.05, 4.69) is 10.5 Å². The molecule has 0 aliphatic heterocycles. The number of hydrogen-bond donors (Lipinski definition) is 3. The van der Waals surface area contributed by atoms with Crippen molar-refractivity contribution in [1.82, 2.24) is 0 Å².